The number of aromatic nitrogens is 2. The van der Waals surface area contributed by atoms with Crippen LogP contribution >= 0.6 is 0 Å². The fraction of sp³-hybridized carbons (Fsp3) is 0.786. The molecule has 1 aromatic heterocycles. The van der Waals surface area contributed by atoms with Crippen molar-refractivity contribution in [3.63, 3.8) is 0 Å². The van der Waals surface area contributed by atoms with Gasteiger partial charge < -0.3 is 5.32 Å². The third kappa shape index (κ3) is 2.89. The topological polar surface area (TPSA) is 29.9 Å². The molecule has 3 heteroatoms. The minimum Gasteiger partial charge on any atom is -0.319 e. The summed E-state index contributed by atoms with van der Waals surface area (Å²) in [7, 11) is 2.04. The molecule has 0 spiro atoms. The zero-order valence-electron chi connectivity index (χ0n) is 11.4. The third-order valence-electron chi connectivity index (χ3n) is 4.05. The first-order valence-electron chi connectivity index (χ1n) is 6.91. The molecule has 1 fully saturated rings. The largest absolute Gasteiger partial charge is 0.319 e. The maximum Gasteiger partial charge on any atom is 0.0630 e. The van der Waals surface area contributed by atoms with Crippen molar-refractivity contribution in [1.29, 1.82) is 0 Å². The molecule has 1 aliphatic carbocycles. The van der Waals surface area contributed by atoms with Crippen LogP contribution in [-0.4, -0.2) is 23.4 Å². The molecule has 2 rings (SSSR count). The summed E-state index contributed by atoms with van der Waals surface area (Å²) in [6.45, 7) is 5.60. The number of rotatable bonds is 7. The Morgan fingerprint density at radius 1 is 1.41 bits per heavy atom. The van der Waals surface area contributed by atoms with Crippen molar-refractivity contribution < 1.29 is 0 Å². The lowest BCUT2D eigenvalue weighted by Gasteiger charge is -2.14. The van der Waals surface area contributed by atoms with Crippen molar-refractivity contribution in [1.82, 2.24) is 15.1 Å². The van der Waals surface area contributed by atoms with E-state index in [1.165, 1.54) is 31.4 Å². The van der Waals surface area contributed by atoms with Gasteiger partial charge in [0.25, 0.3) is 0 Å². The summed E-state index contributed by atoms with van der Waals surface area (Å²) < 4.78 is 2.16. The van der Waals surface area contributed by atoms with Gasteiger partial charge in [0.05, 0.1) is 11.7 Å². The summed E-state index contributed by atoms with van der Waals surface area (Å²) >= 11 is 0. The number of hydrogen-bond donors (Lipinski definition) is 1. The summed E-state index contributed by atoms with van der Waals surface area (Å²) in [5, 5.41) is 8.06. The maximum atomic E-state index is 4.75. The van der Waals surface area contributed by atoms with E-state index in [1.807, 2.05) is 7.05 Å². The van der Waals surface area contributed by atoms with Gasteiger partial charge in [-0.15, -0.1) is 0 Å². The van der Waals surface area contributed by atoms with Gasteiger partial charge in [0.2, 0.25) is 0 Å². The van der Waals surface area contributed by atoms with Crippen molar-refractivity contribution >= 4 is 0 Å². The highest BCUT2D eigenvalue weighted by Gasteiger charge is 2.42. The Morgan fingerprint density at radius 2 is 2.12 bits per heavy atom. The Morgan fingerprint density at radius 3 is 2.65 bits per heavy atom. The van der Waals surface area contributed by atoms with Crippen LogP contribution in [0.5, 0.6) is 0 Å². The molecule has 0 amide bonds. The van der Waals surface area contributed by atoms with Crippen molar-refractivity contribution in [2.24, 2.45) is 5.41 Å². The molecule has 0 unspecified atom stereocenters. The Balaban J connectivity index is 1.99. The molecule has 0 atom stereocenters. The minimum absolute atomic E-state index is 0.516. The van der Waals surface area contributed by atoms with E-state index in [1.54, 1.807) is 0 Å². The van der Waals surface area contributed by atoms with Gasteiger partial charge in [-0.05, 0) is 50.6 Å². The number of nitrogens with one attached hydrogen (secondary N) is 1. The lowest BCUT2D eigenvalue weighted by molar-refractivity contribution is 0.416. The summed E-state index contributed by atoms with van der Waals surface area (Å²) in [4.78, 5) is 0. The third-order valence-corrected chi connectivity index (χ3v) is 4.05. The van der Waals surface area contributed by atoms with Crippen LogP contribution < -0.4 is 5.32 Å². The summed E-state index contributed by atoms with van der Waals surface area (Å²) in [6, 6.07) is 2.77. The van der Waals surface area contributed by atoms with Crippen molar-refractivity contribution in [2.75, 3.05) is 13.6 Å². The molecule has 17 heavy (non-hydrogen) atoms. The van der Waals surface area contributed by atoms with Gasteiger partial charge in [0, 0.05) is 12.7 Å². The summed E-state index contributed by atoms with van der Waals surface area (Å²) in [6.07, 6.45) is 8.33. The smallest absolute Gasteiger partial charge is 0.0630 e. The standard InChI is InChI=1S/C14H25N3/c1-4-13(5-2)17-9-6-12(16-17)10-14(7-8-14)11-15-3/h6,9,13,15H,4-5,7-8,10-11H2,1-3H3. The molecule has 0 radical (unpaired) electrons. The van der Waals surface area contributed by atoms with E-state index in [-0.39, 0.29) is 0 Å². The van der Waals surface area contributed by atoms with Gasteiger partial charge in [-0.2, -0.15) is 5.10 Å². The van der Waals surface area contributed by atoms with E-state index >= 15 is 0 Å². The average molecular weight is 235 g/mol. The SMILES string of the molecule is CCC(CC)n1ccc(CC2(CNC)CC2)n1. The molecule has 3 nitrogen and oxygen atoms in total. The second kappa shape index (κ2) is 5.21. The lowest BCUT2D eigenvalue weighted by Crippen LogP contribution is -2.22. The number of nitrogens with zero attached hydrogens (tertiary/aromatic N) is 2. The van der Waals surface area contributed by atoms with Gasteiger partial charge in [0.15, 0.2) is 0 Å². The molecule has 1 N–H and O–H groups in total. The summed E-state index contributed by atoms with van der Waals surface area (Å²) in [5.41, 5.74) is 1.78. The molecule has 1 aliphatic rings. The summed E-state index contributed by atoms with van der Waals surface area (Å²) in [5.74, 6) is 0. The molecular weight excluding hydrogens is 210 g/mol. The fourth-order valence-corrected chi connectivity index (χ4v) is 2.69. The minimum atomic E-state index is 0.516. The molecule has 1 heterocycles. The van der Waals surface area contributed by atoms with Gasteiger partial charge >= 0.3 is 0 Å². The Hall–Kier alpha value is -0.830. The first-order valence-corrected chi connectivity index (χ1v) is 6.91. The van der Waals surface area contributed by atoms with Gasteiger partial charge in [-0.3, -0.25) is 4.68 Å². The second-order valence-corrected chi connectivity index (χ2v) is 5.46. The van der Waals surface area contributed by atoms with Crippen molar-refractivity contribution in [3.05, 3.63) is 18.0 Å². The van der Waals surface area contributed by atoms with E-state index in [0.717, 1.165) is 13.0 Å². The first kappa shape index (κ1) is 12.6. The number of hydrogen-bond acceptors (Lipinski definition) is 2. The van der Waals surface area contributed by atoms with Gasteiger partial charge in [0.1, 0.15) is 0 Å². The van der Waals surface area contributed by atoms with Gasteiger partial charge in [-0.25, -0.2) is 0 Å². The zero-order valence-corrected chi connectivity index (χ0v) is 11.4. The lowest BCUT2D eigenvalue weighted by atomic mass is 10.0. The molecule has 0 bridgehead atoms. The van der Waals surface area contributed by atoms with Gasteiger partial charge in [-0.1, -0.05) is 13.8 Å². The predicted octanol–water partition coefficient (Wildman–Crippen LogP) is 2.79. The maximum absolute atomic E-state index is 4.75. The highest BCUT2D eigenvalue weighted by Crippen LogP contribution is 2.47. The second-order valence-electron chi connectivity index (χ2n) is 5.46. The quantitative estimate of drug-likeness (QED) is 0.787. The molecule has 1 saturated carbocycles. The molecule has 96 valence electrons. The van der Waals surface area contributed by atoms with E-state index < -0.39 is 0 Å². The fourth-order valence-electron chi connectivity index (χ4n) is 2.69. The molecule has 1 aromatic rings. The van der Waals surface area contributed by atoms with Crippen LogP contribution in [0.1, 0.15) is 51.3 Å². The monoisotopic (exact) mass is 235 g/mol. The van der Waals surface area contributed by atoms with Crippen molar-refractivity contribution in [3.8, 4) is 0 Å². The molecular formula is C14H25N3. The molecule has 0 aromatic carbocycles. The highest BCUT2D eigenvalue weighted by molar-refractivity contribution is 5.09. The Kier molecular flexibility index (Phi) is 3.87. The zero-order chi connectivity index (χ0) is 12.3. The Labute approximate surface area is 105 Å². The Bertz CT molecular complexity index is 348. The predicted molar refractivity (Wildman–Crippen MR) is 71.1 cm³/mol. The molecule has 0 aliphatic heterocycles. The van der Waals surface area contributed by atoms with Crippen LogP contribution in [0.2, 0.25) is 0 Å². The van der Waals surface area contributed by atoms with E-state index in [2.05, 4.69) is 36.1 Å². The van der Waals surface area contributed by atoms with E-state index in [9.17, 15) is 0 Å². The van der Waals surface area contributed by atoms with Crippen molar-refractivity contribution in [2.45, 2.75) is 52.0 Å². The first-order chi connectivity index (χ1) is 8.23. The van der Waals surface area contributed by atoms with Crippen LogP contribution in [0.15, 0.2) is 12.3 Å². The average Bonchev–Trinajstić information content (AvgIpc) is 2.91. The normalized spacial score (nSPS) is 17.6. The van der Waals surface area contributed by atoms with Crippen LogP contribution in [0.3, 0.4) is 0 Å². The van der Waals surface area contributed by atoms with Crippen LogP contribution in [-0.2, 0) is 6.42 Å². The van der Waals surface area contributed by atoms with E-state index in [4.69, 9.17) is 5.10 Å². The highest BCUT2D eigenvalue weighted by atomic mass is 15.3. The van der Waals surface area contributed by atoms with Crippen LogP contribution in [0.25, 0.3) is 0 Å². The van der Waals surface area contributed by atoms with Crippen LogP contribution in [0, 0.1) is 5.41 Å². The molecule has 0 saturated heterocycles. The van der Waals surface area contributed by atoms with Crippen LogP contribution in [0.4, 0.5) is 0 Å². The van der Waals surface area contributed by atoms with E-state index in [0.29, 0.717) is 11.5 Å².